The summed E-state index contributed by atoms with van der Waals surface area (Å²) in [7, 11) is 1.45. The maximum atomic E-state index is 11.2. The van der Waals surface area contributed by atoms with Crippen molar-refractivity contribution in [1.29, 1.82) is 0 Å². The third-order valence-corrected chi connectivity index (χ3v) is 7.01. The number of benzene rings is 2. The lowest BCUT2D eigenvalue weighted by molar-refractivity contribution is -0.177. The van der Waals surface area contributed by atoms with E-state index in [-0.39, 0.29) is 40.9 Å². The van der Waals surface area contributed by atoms with E-state index < -0.39 is 12.2 Å². The first kappa shape index (κ1) is 19.3. The molecule has 0 spiro atoms. The van der Waals surface area contributed by atoms with E-state index >= 15 is 0 Å². The van der Waals surface area contributed by atoms with Gasteiger partial charge in [-0.1, -0.05) is 24.3 Å². The van der Waals surface area contributed by atoms with Crippen LogP contribution in [-0.4, -0.2) is 39.7 Å². The van der Waals surface area contributed by atoms with Gasteiger partial charge in [-0.3, -0.25) is 0 Å². The molecule has 30 heavy (non-hydrogen) atoms. The molecule has 0 radical (unpaired) electrons. The number of rotatable bonds is 2. The summed E-state index contributed by atoms with van der Waals surface area (Å²) in [6.45, 7) is 0. The Morgan fingerprint density at radius 2 is 1.83 bits per heavy atom. The highest BCUT2D eigenvalue weighted by Gasteiger charge is 2.48. The summed E-state index contributed by atoms with van der Waals surface area (Å²) < 4.78 is 11.9. The fourth-order valence-electron chi connectivity index (χ4n) is 5.48. The van der Waals surface area contributed by atoms with Gasteiger partial charge in [0, 0.05) is 17.4 Å². The van der Waals surface area contributed by atoms with E-state index in [1.807, 2.05) is 24.3 Å². The quantitative estimate of drug-likeness (QED) is 0.562. The fourth-order valence-corrected chi connectivity index (χ4v) is 5.48. The molecule has 1 saturated carbocycles. The lowest BCUT2D eigenvalue weighted by atomic mass is 9.68. The maximum Gasteiger partial charge on any atom is 0.201 e. The van der Waals surface area contributed by atoms with Gasteiger partial charge < -0.3 is 29.9 Å². The maximum absolute atomic E-state index is 11.2. The number of ether oxygens (including phenoxy) is 2. The van der Waals surface area contributed by atoms with Gasteiger partial charge >= 0.3 is 0 Å². The van der Waals surface area contributed by atoms with Crippen LogP contribution in [0.15, 0.2) is 36.4 Å². The molecule has 6 heteroatoms. The molecule has 6 nitrogen and oxygen atoms in total. The molecular formula is C24H26O6. The molecule has 2 aliphatic carbocycles. The topological polar surface area (TPSA) is 99.4 Å². The first-order valence-corrected chi connectivity index (χ1v) is 10.4. The summed E-state index contributed by atoms with van der Waals surface area (Å²) in [6, 6.07) is 8.83. The Bertz CT molecular complexity index is 982. The summed E-state index contributed by atoms with van der Waals surface area (Å²) in [6.07, 6.45) is 5.31. The van der Waals surface area contributed by atoms with Gasteiger partial charge in [0.05, 0.1) is 25.4 Å². The Hall–Kier alpha value is -2.70. The second-order valence-electron chi connectivity index (χ2n) is 8.57. The zero-order chi connectivity index (χ0) is 21.0. The number of phenols is 3. The SMILES string of the molecule is COc1c(O)c(O)cc2c1C=C[C@H]1[C@H](O)[C@@H]3CC[C@@H](c4ccc(O)cc4)C[C@@H]3O[C@H]21. The van der Waals surface area contributed by atoms with Crippen LogP contribution in [0.1, 0.15) is 48.0 Å². The lowest BCUT2D eigenvalue weighted by Gasteiger charge is -2.49. The molecule has 3 aliphatic rings. The number of aliphatic hydroxyl groups excluding tert-OH is 1. The molecule has 158 valence electrons. The van der Waals surface area contributed by atoms with Crippen molar-refractivity contribution in [2.75, 3.05) is 7.11 Å². The van der Waals surface area contributed by atoms with Crippen molar-refractivity contribution in [3.8, 4) is 23.0 Å². The van der Waals surface area contributed by atoms with Crippen molar-refractivity contribution in [1.82, 2.24) is 0 Å². The molecule has 1 saturated heterocycles. The monoisotopic (exact) mass is 410 g/mol. The molecule has 2 aromatic rings. The van der Waals surface area contributed by atoms with Crippen LogP contribution in [0.25, 0.3) is 6.08 Å². The highest BCUT2D eigenvalue weighted by molar-refractivity contribution is 5.71. The van der Waals surface area contributed by atoms with Gasteiger partial charge in [0.1, 0.15) is 5.75 Å². The van der Waals surface area contributed by atoms with E-state index in [0.717, 1.165) is 24.8 Å². The Kier molecular flexibility index (Phi) is 4.64. The van der Waals surface area contributed by atoms with Crippen LogP contribution in [-0.2, 0) is 4.74 Å². The number of methoxy groups -OCH3 is 1. The molecule has 1 heterocycles. The van der Waals surface area contributed by atoms with E-state index in [2.05, 4.69) is 0 Å². The molecule has 0 bridgehead atoms. The molecule has 0 aromatic heterocycles. The summed E-state index contributed by atoms with van der Waals surface area (Å²) >= 11 is 0. The zero-order valence-electron chi connectivity index (χ0n) is 16.7. The van der Waals surface area contributed by atoms with Gasteiger partial charge in [-0.15, -0.1) is 0 Å². The van der Waals surface area contributed by atoms with Crippen molar-refractivity contribution < 1.29 is 29.9 Å². The highest BCUT2D eigenvalue weighted by atomic mass is 16.5. The summed E-state index contributed by atoms with van der Waals surface area (Å²) in [4.78, 5) is 0. The fraction of sp³-hybridized carbons (Fsp3) is 0.417. The third kappa shape index (κ3) is 2.94. The standard InChI is InChI=1S/C24H26O6/c1-29-24-15-8-9-17-21(27)16-7-4-13(12-2-5-14(25)6-3-12)10-20(16)30-23(17)18(15)11-19(26)22(24)28/h2-3,5-6,8-9,11,13,16-17,20-21,23,25-28H,4,7,10H2,1H3/t13-,16-,17+,20+,21-,23+/m1/s1. The van der Waals surface area contributed by atoms with Crippen LogP contribution in [0.4, 0.5) is 0 Å². The largest absolute Gasteiger partial charge is 0.508 e. The molecule has 5 rings (SSSR count). The van der Waals surface area contributed by atoms with E-state index in [9.17, 15) is 20.4 Å². The number of aliphatic hydroxyl groups is 1. The first-order chi connectivity index (χ1) is 14.5. The molecule has 2 aromatic carbocycles. The molecule has 1 aliphatic heterocycles. The van der Waals surface area contributed by atoms with Gasteiger partial charge in [-0.25, -0.2) is 0 Å². The zero-order valence-corrected chi connectivity index (χ0v) is 16.7. The average Bonchev–Trinajstić information content (AvgIpc) is 2.75. The number of aromatic hydroxyl groups is 3. The normalized spacial score (nSPS) is 32.1. The Morgan fingerprint density at radius 1 is 1.07 bits per heavy atom. The van der Waals surface area contributed by atoms with Crippen LogP contribution in [0.5, 0.6) is 23.0 Å². The predicted octanol–water partition coefficient (Wildman–Crippen LogP) is 3.84. The van der Waals surface area contributed by atoms with Crippen molar-refractivity contribution >= 4 is 6.08 Å². The van der Waals surface area contributed by atoms with Crippen molar-refractivity contribution in [2.24, 2.45) is 11.8 Å². The van der Waals surface area contributed by atoms with Gasteiger partial charge in [0.15, 0.2) is 11.5 Å². The van der Waals surface area contributed by atoms with Gasteiger partial charge in [-0.05, 0) is 54.5 Å². The number of hydrogen-bond acceptors (Lipinski definition) is 6. The molecule has 6 atom stereocenters. The van der Waals surface area contributed by atoms with Crippen LogP contribution in [0.2, 0.25) is 0 Å². The number of hydrogen-bond donors (Lipinski definition) is 4. The van der Waals surface area contributed by atoms with Crippen LogP contribution < -0.4 is 4.74 Å². The third-order valence-electron chi connectivity index (χ3n) is 7.01. The second-order valence-corrected chi connectivity index (χ2v) is 8.57. The average molecular weight is 410 g/mol. The minimum absolute atomic E-state index is 0.0541. The molecular weight excluding hydrogens is 384 g/mol. The van der Waals surface area contributed by atoms with Gasteiger partial charge in [0.2, 0.25) is 5.75 Å². The highest BCUT2D eigenvalue weighted by Crippen LogP contribution is 2.53. The first-order valence-electron chi connectivity index (χ1n) is 10.4. The van der Waals surface area contributed by atoms with Crippen LogP contribution in [0.3, 0.4) is 0 Å². The summed E-state index contributed by atoms with van der Waals surface area (Å²) in [5, 5.41) is 41.1. The van der Waals surface area contributed by atoms with Gasteiger partial charge in [0.25, 0.3) is 0 Å². The van der Waals surface area contributed by atoms with E-state index in [1.165, 1.54) is 18.7 Å². The second kappa shape index (κ2) is 7.22. The Balaban J connectivity index is 1.47. The van der Waals surface area contributed by atoms with Crippen molar-refractivity contribution in [3.05, 3.63) is 53.1 Å². The number of phenolic OH excluding ortho intramolecular Hbond substituents is 3. The van der Waals surface area contributed by atoms with Gasteiger partial charge in [-0.2, -0.15) is 0 Å². The smallest absolute Gasteiger partial charge is 0.201 e. The number of fused-ring (bicyclic) bond motifs is 4. The van der Waals surface area contributed by atoms with Crippen LogP contribution >= 0.6 is 0 Å². The van der Waals surface area contributed by atoms with E-state index in [1.54, 1.807) is 12.1 Å². The molecule has 0 amide bonds. The predicted molar refractivity (Wildman–Crippen MR) is 111 cm³/mol. The Morgan fingerprint density at radius 3 is 2.57 bits per heavy atom. The minimum Gasteiger partial charge on any atom is -0.508 e. The van der Waals surface area contributed by atoms with E-state index in [4.69, 9.17) is 9.47 Å². The van der Waals surface area contributed by atoms with Crippen LogP contribution in [0, 0.1) is 11.8 Å². The molecule has 2 fully saturated rings. The van der Waals surface area contributed by atoms with Crippen molar-refractivity contribution in [3.63, 3.8) is 0 Å². The molecule has 4 N–H and O–H groups in total. The Labute approximate surface area is 175 Å². The molecule has 0 unspecified atom stereocenters. The summed E-state index contributed by atoms with van der Waals surface area (Å²) in [5.41, 5.74) is 2.56. The van der Waals surface area contributed by atoms with E-state index in [0.29, 0.717) is 11.5 Å². The lowest BCUT2D eigenvalue weighted by Crippen LogP contribution is -2.49. The van der Waals surface area contributed by atoms with Crippen molar-refractivity contribution in [2.45, 2.75) is 43.5 Å². The summed E-state index contributed by atoms with van der Waals surface area (Å²) in [5.74, 6) is 0.0601. The minimum atomic E-state index is -0.541.